The van der Waals surface area contributed by atoms with E-state index in [1.807, 2.05) is 45.0 Å². The molecule has 1 atom stereocenters. The van der Waals surface area contributed by atoms with Crippen molar-refractivity contribution in [1.29, 1.82) is 0 Å². The Labute approximate surface area is 150 Å². The van der Waals surface area contributed by atoms with Crippen LogP contribution in [0.15, 0.2) is 36.4 Å². The molecule has 3 nitrogen and oxygen atoms in total. The van der Waals surface area contributed by atoms with Gasteiger partial charge in [-0.25, -0.2) is 4.39 Å². The summed E-state index contributed by atoms with van der Waals surface area (Å²) >= 11 is 11.6. The maximum atomic E-state index is 13.5. The molecule has 0 radical (unpaired) electrons. The third kappa shape index (κ3) is 4.62. The summed E-state index contributed by atoms with van der Waals surface area (Å²) in [6.45, 7) is 5.73. The standard InChI is InChI=1S/C18H18Cl2FNO2/c1-10(2)24-13-6-4-12(5-7-13)11(3)22-18(23)14-8-17(21)16(20)9-15(14)19/h4-11H,1-3H3,(H,22,23). The van der Waals surface area contributed by atoms with Crippen molar-refractivity contribution in [2.45, 2.75) is 32.9 Å². The predicted molar refractivity (Wildman–Crippen MR) is 94.5 cm³/mol. The van der Waals surface area contributed by atoms with Crippen molar-refractivity contribution in [3.63, 3.8) is 0 Å². The molecule has 1 unspecified atom stereocenters. The molecule has 2 aromatic carbocycles. The van der Waals surface area contributed by atoms with E-state index >= 15 is 0 Å². The van der Waals surface area contributed by atoms with Crippen LogP contribution in [-0.2, 0) is 0 Å². The van der Waals surface area contributed by atoms with Crippen LogP contribution < -0.4 is 10.1 Å². The van der Waals surface area contributed by atoms with Gasteiger partial charge < -0.3 is 10.1 Å². The molecule has 0 heterocycles. The molecule has 1 amide bonds. The van der Waals surface area contributed by atoms with Crippen LogP contribution in [0.5, 0.6) is 5.75 Å². The molecule has 0 spiro atoms. The molecule has 0 saturated carbocycles. The van der Waals surface area contributed by atoms with Gasteiger partial charge in [0.1, 0.15) is 11.6 Å². The molecular formula is C18H18Cl2FNO2. The molecule has 0 aromatic heterocycles. The van der Waals surface area contributed by atoms with Gasteiger partial charge in [-0.15, -0.1) is 0 Å². The minimum absolute atomic E-state index is 0.0465. The van der Waals surface area contributed by atoms with Crippen molar-refractivity contribution >= 4 is 29.1 Å². The van der Waals surface area contributed by atoms with Crippen LogP contribution in [0.3, 0.4) is 0 Å². The van der Waals surface area contributed by atoms with Crippen LogP contribution in [0.25, 0.3) is 0 Å². The Morgan fingerprint density at radius 1 is 1.08 bits per heavy atom. The van der Waals surface area contributed by atoms with Crippen LogP contribution >= 0.6 is 23.2 Å². The van der Waals surface area contributed by atoms with Gasteiger partial charge in [0.2, 0.25) is 0 Å². The van der Waals surface area contributed by atoms with Gasteiger partial charge in [-0.3, -0.25) is 4.79 Å². The lowest BCUT2D eigenvalue weighted by molar-refractivity contribution is 0.0939. The summed E-state index contributed by atoms with van der Waals surface area (Å²) in [5, 5.41) is 2.77. The number of ether oxygens (including phenoxy) is 1. The zero-order chi connectivity index (χ0) is 17.9. The first-order valence-electron chi connectivity index (χ1n) is 7.50. The van der Waals surface area contributed by atoms with E-state index in [1.54, 1.807) is 0 Å². The molecule has 0 aliphatic heterocycles. The zero-order valence-corrected chi connectivity index (χ0v) is 15.1. The maximum Gasteiger partial charge on any atom is 0.253 e. The van der Waals surface area contributed by atoms with Gasteiger partial charge in [-0.05, 0) is 50.6 Å². The van der Waals surface area contributed by atoms with Crippen LogP contribution in [0.1, 0.15) is 42.7 Å². The summed E-state index contributed by atoms with van der Waals surface area (Å²) in [6.07, 6.45) is 0.0925. The first-order valence-corrected chi connectivity index (χ1v) is 8.25. The fraction of sp³-hybridized carbons (Fsp3) is 0.278. The lowest BCUT2D eigenvalue weighted by atomic mass is 10.1. The average molecular weight is 370 g/mol. The second-order valence-corrected chi connectivity index (χ2v) is 6.49. The Hall–Kier alpha value is -1.78. The van der Waals surface area contributed by atoms with Gasteiger partial charge in [0, 0.05) is 0 Å². The highest BCUT2D eigenvalue weighted by Crippen LogP contribution is 2.25. The zero-order valence-electron chi connectivity index (χ0n) is 13.6. The number of hydrogen-bond donors (Lipinski definition) is 1. The number of rotatable bonds is 5. The predicted octanol–water partition coefficient (Wildman–Crippen LogP) is 5.41. The lowest BCUT2D eigenvalue weighted by Gasteiger charge is -2.16. The summed E-state index contributed by atoms with van der Waals surface area (Å²) in [5.74, 6) is -0.394. The van der Waals surface area contributed by atoms with E-state index < -0.39 is 11.7 Å². The van der Waals surface area contributed by atoms with Crippen molar-refractivity contribution in [3.05, 3.63) is 63.4 Å². The fourth-order valence-electron chi connectivity index (χ4n) is 2.16. The number of carbonyl (C=O) groups excluding carboxylic acids is 1. The summed E-state index contributed by atoms with van der Waals surface area (Å²) in [6, 6.07) is 9.39. The van der Waals surface area contributed by atoms with Crippen molar-refractivity contribution in [2.24, 2.45) is 0 Å². The normalized spacial score (nSPS) is 12.1. The number of benzene rings is 2. The molecule has 0 aliphatic carbocycles. The van der Waals surface area contributed by atoms with Crippen LogP contribution in [0.4, 0.5) is 4.39 Å². The van der Waals surface area contributed by atoms with Gasteiger partial charge in [-0.2, -0.15) is 0 Å². The number of hydrogen-bond acceptors (Lipinski definition) is 2. The average Bonchev–Trinajstić information content (AvgIpc) is 2.50. The number of amides is 1. The second kappa shape index (κ2) is 7.86. The monoisotopic (exact) mass is 369 g/mol. The minimum Gasteiger partial charge on any atom is -0.491 e. The highest BCUT2D eigenvalue weighted by molar-refractivity contribution is 6.36. The SMILES string of the molecule is CC(C)Oc1ccc(C(C)NC(=O)c2cc(F)c(Cl)cc2Cl)cc1. The van der Waals surface area contributed by atoms with E-state index in [2.05, 4.69) is 5.32 Å². The topological polar surface area (TPSA) is 38.3 Å². The number of carbonyl (C=O) groups is 1. The molecule has 0 saturated heterocycles. The lowest BCUT2D eigenvalue weighted by Crippen LogP contribution is -2.27. The Bertz CT molecular complexity index is 733. The molecule has 1 N–H and O–H groups in total. The Kier molecular flexibility index (Phi) is 6.08. The molecular weight excluding hydrogens is 352 g/mol. The highest BCUT2D eigenvalue weighted by Gasteiger charge is 2.17. The van der Waals surface area contributed by atoms with Gasteiger partial charge in [0.25, 0.3) is 5.91 Å². The van der Waals surface area contributed by atoms with E-state index in [0.717, 1.165) is 17.4 Å². The van der Waals surface area contributed by atoms with Crippen molar-refractivity contribution in [1.82, 2.24) is 5.32 Å². The van der Waals surface area contributed by atoms with E-state index in [0.29, 0.717) is 0 Å². The van der Waals surface area contributed by atoms with Crippen molar-refractivity contribution in [3.8, 4) is 5.75 Å². The van der Waals surface area contributed by atoms with Crippen LogP contribution in [0, 0.1) is 5.82 Å². The number of nitrogens with one attached hydrogen (secondary N) is 1. The smallest absolute Gasteiger partial charge is 0.253 e. The van der Waals surface area contributed by atoms with Crippen molar-refractivity contribution in [2.75, 3.05) is 0 Å². The van der Waals surface area contributed by atoms with E-state index in [-0.39, 0.29) is 27.8 Å². The van der Waals surface area contributed by atoms with Gasteiger partial charge in [0.15, 0.2) is 0 Å². The highest BCUT2D eigenvalue weighted by atomic mass is 35.5. The van der Waals surface area contributed by atoms with E-state index in [9.17, 15) is 9.18 Å². The van der Waals surface area contributed by atoms with Gasteiger partial charge in [0.05, 0.1) is 27.8 Å². The maximum absolute atomic E-state index is 13.5. The van der Waals surface area contributed by atoms with Crippen molar-refractivity contribution < 1.29 is 13.9 Å². The Morgan fingerprint density at radius 3 is 2.29 bits per heavy atom. The van der Waals surface area contributed by atoms with Gasteiger partial charge >= 0.3 is 0 Å². The quantitative estimate of drug-likeness (QED) is 0.715. The van der Waals surface area contributed by atoms with Crippen LogP contribution in [-0.4, -0.2) is 12.0 Å². The second-order valence-electron chi connectivity index (χ2n) is 5.68. The molecule has 0 aliphatic rings. The molecule has 6 heteroatoms. The molecule has 128 valence electrons. The molecule has 2 aromatic rings. The Balaban J connectivity index is 2.10. The summed E-state index contributed by atoms with van der Waals surface area (Å²) in [7, 11) is 0. The third-order valence-corrected chi connectivity index (χ3v) is 3.96. The number of halogens is 3. The third-order valence-electron chi connectivity index (χ3n) is 3.35. The Morgan fingerprint density at radius 2 is 1.71 bits per heavy atom. The first-order chi connectivity index (χ1) is 11.3. The largest absolute Gasteiger partial charge is 0.491 e. The molecule has 0 fully saturated rings. The summed E-state index contributed by atoms with van der Waals surface area (Å²) in [5.41, 5.74) is 0.940. The summed E-state index contributed by atoms with van der Waals surface area (Å²) in [4.78, 5) is 12.3. The van der Waals surface area contributed by atoms with E-state index in [1.165, 1.54) is 6.07 Å². The molecule has 24 heavy (non-hydrogen) atoms. The van der Waals surface area contributed by atoms with Crippen LogP contribution in [0.2, 0.25) is 10.0 Å². The fourth-order valence-corrected chi connectivity index (χ4v) is 2.63. The molecule has 2 rings (SSSR count). The minimum atomic E-state index is -0.686. The van der Waals surface area contributed by atoms with Gasteiger partial charge in [-0.1, -0.05) is 35.3 Å². The molecule has 0 bridgehead atoms. The van der Waals surface area contributed by atoms with E-state index in [4.69, 9.17) is 27.9 Å². The summed E-state index contributed by atoms with van der Waals surface area (Å²) < 4.78 is 19.1. The first kappa shape index (κ1) is 18.6.